The number of hydrogen-bond donors (Lipinski definition) is 1. The van der Waals surface area contributed by atoms with E-state index < -0.39 is 5.97 Å². The van der Waals surface area contributed by atoms with Gasteiger partial charge in [-0.3, -0.25) is 4.79 Å². The first kappa shape index (κ1) is 21.7. The molecule has 2 fully saturated rings. The molecule has 6 nitrogen and oxygen atoms in total. The Balaban J connectivity index is 1.58. The summed E-state index contributed by atoms with van der Waals surface area (Å²) in [4.78, 5) is 17.5. The molecule has 0 saturated carbocycles. The van der Waals surface area contributed by atoms with Crippen LogP contribution in [0, 0.1) is 11.8 Å². The van der Waals surface area contributed by atoms with Gasteiger partial charge in [0.2, 0.25) is 0 Å². The smallest absolute Gasteiger partial charge is 0.307 e. The third-order valence-corrected chi connectivity index (χ3v) is 7.19. The predicted molar refractivity (Wildman–Crippen MR) is 120 cm³/mol. The zero-order valence-electron chi connectivity index (χ0n) is 18.3. The maximum Gasteiger partial charge on any atom is 0.307 e. The molecule has 1 aromatic carbocycles. The molecule has 2 aliphatic heterocycles. The molecule has 3 heterocycles. The van der Waals surface area contributed by atoms with E-state index in [1.54, 1.807) is 11.9 Å². The zero-order chi connectivity index (χ0) is 21.3. The van der Waals surface area contributed by atoms with E-state index in [-0.39, 0.29) is 11.3 Å². The van der Waals surface area contributed by atoms with E-state index in [1.165, 1.54) is 5.52 Å². The highest BCUT2D eigenvalue weighted by molar-refractivity contribution is 7.97. The Labute approximate surface area is 183 Å². The van der Waals surface area contributed by atoms with Crippen LogP contribution in [-0.4, -0.2) is 51.2 Å². The van der Waals surface area contributed by atoms with Gasteiger partial charge in [-0.2, -0.15) is 0 Å². The molecule has 2 aliphatic rings. The summed E-state index contributed by atoms with van der Waals surface area (Å²) in [7, 11) is 0. The van der Waals surface area contributed by atoms with Crippen LogP contribution in [0.3, 0.4) is 0 Å². The van der Waals surface area contributed by atoms with E-state index in [2.05, 4.69) is 47.8 Å². The number of piperidine rings is 1. The minimum Gasteiger partial charge on any atom is -0.481 e. The van der Waals surface area contributed by atoms with E-state index in [9.17, 15) is 9.90 Å². The van der Waals surface area contributed by atoms with Crippen molar-refractivity contribution in [3.05, 3.63) is 24.0 Å². The van der Waals surface area contributed by atoms with Gasteiger partial charge in [-0.05, 0) is 61.7 Å². The molecule has 0 amide bonds. The number of benzene rings is 1. The van der Waals surface area contributed by atoms with Crippen LogP contribution in [0.2, 0.25) is 0 Å². The molecule has 0 radical (unpaired) electrons. The first-order valence-electron chi connectivity index (χ1n) is 11.1. The van der Waals surface area contributed by atoms with Crippen LogP contribution in [-0.2, 0) is 21.5 Å². The lowest BCUT2D eigenvalue weighted by Gasteiger charge is -2.29. The normalized spacial score (nSPS) is 21.9. The van der Waals surface area contributed by atoms with Gasteiger partial charge in [0, 0.05) is 43.2 Å². The second-order valence-electron chi connectivity index (χ2n) is 9.66. The summed E-state index contributed by atoms with van der Waals surface area (Å²) >= 11 is 1.66. The first-order valence-corrected chi connectivity index (χ1v) is 11.8. The molecule has 0 aliphatic carbocycles. The van der Waals surface area contributed by atoms with Crippen LogP contribution >= 0.6 is 11.9 Å². The number of nitrogens with zero attached hydrogens (tertiary/aromatic N) is 3. The topological polar surface area (TPSA) is 67.6 Å². The zero-order valence-corrected chi connectivity index (χ0v) is 19.1. The van der Waals surface area contributed by atoms with Crippen molar-refractivity contribution >= 4 is 29.0 Å². The summed E-state index contributed by atoms with van der Waals surface area (Å²) in [5.74, 6) is 0.821. The molecule has 7 heteroatoms. The number of ether oxygens (including phenoxy) is 1. The van der Waals surface area contributed by atoms with E-state index in [0.29, 0.717) is 12.5 Å². The fourth-order valence-electron chi connectivity index (χ4n) is 4.49. The van der Waals surface area contributed by atoms with Crippen molar-refractivity contribution in [1.82, 2.24) is 13.9 Å². The lowest BCUT2D eigenvalue weighted by atomic mass is 9.94. The number of carbonyl (C=O) groups is 1. The van der Waals surface area contributed by atoms with Gasteiger partial charge in [0.05, 0.1) is 17.0 Å². The van der Waals surface area contributed by atoms with Gasteiger partial charge in [0.15, 0.2) is 0 Å². The van der Waals surface area contributed by atoms with Crippen molar-refractivity contribution in [3.63, 3.8) is 0 Å². The molecule has 0 bridgehead atoms. The van der Waals surface area contributed by atoms with Gasteiger partial charge in [-0.1, -0.05) is 20.8 Å². The monoisotopic (exact) mass is 431 g/mol. The number of imidazole rings is 1. The highest BCUT2D eigenvalue weighted by Crippen LogP contribution is 2.33. The van der Waals surface area contributed by atoms with Crippen LogP contribution in [0.4, 0.5) is 0 Å². The Kier molecular flexibility index (Phi) is 6.42. The molecule has 0 spiro atoms. The largest absolute Gasteiger partial charge is 0.481 e. The van der Waals surface area contributed by atoms with Crippen LogP contribution < -0.4 is 0 Å². The van der Waals surface area contributed by atoms with Crippen molar-refractivity contribution in [1.29, 1.82) is 0 Å². The Bertz CT molecular complexity index is 899. The Morgan fingerprint density at radius 3 is 2.73 bits per heavy atom. The molecule has 2 aromatic rings. The molecule has 30 heavy (non-hydrogen) atoms. The third kappa shape index (κ3) is 4.84. The lowest BCUT2D eigenvalue weighted by molar-refractivity contribution is -0.142. The predicted octanol–water partition coefficient (Wildman–Crippen LogP) is 4.56. The molecular formula is C23H33N3O3S. The summed E-state index contributed by atoms with van der Waals surface area (Å²) in [5, 5.41) is 9.35. The van der Waals surface area contributed by atoms with Gasteiger partial charge in [-0.25, -0.2) is 9.29 Å². The van der Waals surface area contributed by atoms with Crippen LogP contribution in [0.15, 0.2) is 23.1 Å². The van der Waals surface area contributed by atoms with Crippen molar-refractivity contribution in [2.75, 3.05) is 26.3 Å². The third-order valence-electron chi connectivity index (χ3n) is 6.14. The SMILES string of the molecule is CC(C)(C)c1nc2cc(SN3CCCC(C(=O)O)C3)ccc2n1CC1CCOCC1. The lowest BCUT2D eigenvalue weighted by Crippen LogP contribution is -2.34. The maximum atomic E-state index is 11.4. The molecule has 2 saturated heterocycles. The average Bonchev–Trinajstić information content (AvgIpc) is 3.07. The summed E-state index contributed by atoms with van der Waals surface area (Å²) in [6.07, 6.45) is 3.92. The van der Waals surface area contributed by atoms with Gasteiger partial charge in [0.1, 0.15) is 5.82 Å². The number of aliphatic carboxylic acids is 1. The standard InChI is InChI=1S/C23H33N3O3S/c1-23(2,3)22-24-19-13-18(30-25-10-4-5-17(15-25)21(27)28)6-7-20(19)26(22)14-16-8-11-29-12-9-16/h6-7,13,16-17H,4-5,8-12,14-15H2,1-3H3,(H,27,28). The number of aromatic nitrogens is 2. The minimum absolute atomic E-state index is 0.0287. The maximum absolute atomic E-state index is 11.4. The fraction of sp³-hybridized carbons (Fsp3) is 0.652. The molecule has 1 unspecified atom stereocenters. The second-order valence-corrected chi connectivity index (χ2v) is 10.8. The molecule has 1 N–H and O–H groups in total. The number of carboxylic acids is 1. The molecule has 4 rings (SSSR count). The average molecular weight is 432 g/mol. The summed E-state index contributed by atoms with van der Waals surface area (Å²) in [6, 6.07) is 6.52. The van der Waals surface area contributed by atoms with Crippen molar-refractivity contribution in [2.45, 2.75) is 63.3 Å². The molecular weight excluding hydrogens is 398 g/mol. The number of carboxylic acid groups (broad SMARTS) is 1. The van der Waals surface area contributed by atoms with Crippen LogP contribution in [0.5, 0.6) is 0 Å². The van der Waals surface area contributed by atoms with Crippen LogP contribution in [0.1, 0.15) is 52.3 Å². The highest BCUT2D eigenvalue weighted by atomic mass is 32.2. The first-order chi connectivity index (χ1) is 14.3. The Morgan fingerprint density at radius 2 is 2.03 bits per heavy atom. The van der Waals surface area contributed by atoms with E-state index in [0.717, 1.165) is 68.2 Å². The minimum atomic E-state index is -0.683. The summed E-state index contributed by atoms with van der Waals surface area (Å²) < 4.78 is 10.2. The number of rotatable bonds is 5. The van der Waals surface area contributed by atoms with Crippen LogP contribution in [0.25, 0.3) is 11.0 Å². The van der Waals surface area contributed by atoms with Gasteiger partial charge in [-0.15, -0.1) is 0 Å². The quantitative estimate of drug-likeness (QED) is 0.700. The van der Waals surface area contributed by atoms with E-state index >= 15 is 0 Å². The number of fused-ring (bicyclic) bond motifs is 1. The summed E-state index contributed by atoms with van der Waals surface area (Å²) in [6.45, 7) is 10.9. The van der Waals surface area contributed by atoms with Gasteiger partial charge in [0.25, 0.3) is 0 Å². The van der Waals surface area contributed by atoms with Crippen molar-refractivity contribution in [3.8, 4) is 0 Å². The second kappa shape index (κ2) is 8.89. The van der Waals surface area contributed by atoms with Crippen molar-refractivity contribution < 1.29 is 14.6 Å². The van der Waals surface area contributed by atoms with Gasteiger partial charge >= 0.3 is 5.97 Å². The Hall–Kier alpha value is -1.57. The fourth-order valence-corrected chi connectivity index (χ4v) is 5.55. The van der Waals surface area contributed by atoms with Gasteiger partial charge < -0.3 is 14.4 Å². The van der Waals surface area contributed by atoms with E-state index in [4.69, 9.17) is 9.72 Å². The van der Waals surface area contributed by atoms with E-state index in [1.807, 2.05) is 0 Å². The molecule has 164 valence electrons. The van der Waals surface area contributed by atoms with Crippen molar-refractivity contribution in [2.24, 2.45) is 11.8 Å². The number of hydrogen-bond acceptors (Lipinski definition) is 5. The summed E-state index contributed by atoms with van der Waals surface area (Å²) in [5.41, 5.74) is 2.20. The highest BCUT2D eigenvalue weighted by Gasteiger charge is 2.27. The molecule has 1 aromatic heterocycles. The molecule has 1 atom stereocenters. The Morgan fingerprint density at radius 1 is 1.27 bits per heavy atom.